The van der Waals surface area contributed by atoms with Gasteiger partial charge in [0.15, 0.2) is 9.84 Å². The molecular weight excluding hydrogens is 314 g/mol. The SMILES string of the molecule is COCCCN(C(=O)CCC1CCCCC1)[C@H]1CCS(=O)(=O)C1. The van der Waals surface area contributed by atoms with Crippen LogP contribution in [0.3, 0.4) is 0 Å². The standard InChI is InChI=1S/C17H31NO4S/c1-22-12-5-11-18(16-10-13-23(20,21)14-16)17(19)9-8-15-6-3-2-4-7-15/h15-16H,2-14H2,1H3/t16-/m0/s1. The fourth-order valence-electron chi connectivity index (χ4n) is 3.86. The predicted molar refractivity (Wildman–Crippen MR) is 91.1 cm³/mol. The van der Waals surface area contributed by atoms with Gasteiger partial charge in [0.05, 0.1) is 11.5 Å². The molecule has 134 valence electrons. The topological polar surface area (TPSA) is 63.7 Å². The van der Waals surface area contributed by atoms with Crippen molar-refractivity contribution in [2.75, 3.05) is 31.8 Å². The zero-order chi connectivity index (χ0) is 16.7. The van der Waals surface area contributed by atoms with E-state index in [9.17, 15) is 13.2 Å². The number of carbonyl (C=O) groups excluding carboxylic acids is 1. The van der Waals surface area contributed by atoms with Crippen molar-refractivity contribution in [2.24, 2.45) is 5.92 Å². The van der Waals surface area contributed by atoms with Gasteiger partial charge >= 0.3 is 0 Å². The van der Waals surface area contributed by atoms with Crippen LogP contribution in [0, 0.1) is 5.92 Å². The smallest absolute Gasteiger partial charge is 0.222 e. The number of amides is 1. The number of sulfone groups is 1. The molecule has 0 N–H and O–H groups in total. The number of hydrogen-bond donors (Lipinski definition) is 0. The Hall–Kier alpha value is -0.620. The number of nitrogens with zero attached hydrogens (tertiary/aromatic N) is 1. The average molecular weight is 346 g/mol. The molecule has 1 heterocycles. The van der Waals surface area contributed by atoms with Crippen molar-refractivity contribution in [3.8, 4) is 0 Å². The van der Waals surface area contributed by atoms with Crippen LogP contribution in [0.25, 0.3) is 0 Å². The number of hydrogen-bond acceptors (Lipinski definition) is 4. The summed E-state index contributed by atoms with van der Waals surface area (Å²) in [5, 5.41) is 0. The summed E-state index contributed by atoms with van der Waals surface area (Å²) in [7, 11) is -1.32. The van der Waals surface area contributed by atoms with Crippen LogP contribution in [-0.2, 0) is 19.4 Å². The molecule has 0 radical (unpaired) electrons. The largest absolute Gasteiger partial charge is 0.385 e. The first-order valence-electron chi connectivity index (χ1n) is 9.00. The first-order chi connectivity index (χ1) is 11.0. The van der Waals surface area contributed by atoms with Gasteiger partial charge in [0.2, 0.25) is 5.91 Å². The molecule has 0 bridgehead atoms. The first-order valence-corrected chi connectivity index (χ1v) is 10.8. The van der Waals surface area contributed by atoms with E-state index in [4.69, 9.17) is 4.74 Å². The first kappa shape index (κ1) is 18.7. The Kier molecular flexibility index (Phi) is 7.34. The van der Waals surface area contributed by atoms with Gasteiger partial charge in [-0.2, -0.15) is 0 Å². The summed E-state index contributed by atoms with van der Waals surface area (Å²) >= 11 is 0. The number of methoxy groups -OCH3 is 1. The maximum atomic E-state index is 12.7. The second-order valence-corrected chi connectivity index (χ2v) is 9.26. The van der Waals surface area contributed by atoms with E-state index >= 15 is 0 Å². The molecule has 2 rings (SSSR count). The molecule has 5 nitrogen and oxygen atoms in total. The maximum Gasteiger partial charge on any atom is 0.222 e. The van der Waals surface area contributed by atoms with Crippen LogP contribution in [0.15, 0.2) is 0 Å². The molecule has 1 aliphatic heterocycles. The Morgan fingerprint density at radius 2 is 1.91 bits per heavy atom. The summed E-state index contributed by atoms with van der Waals surface area (Å²) in [4.78, 5) is 14.5. The van der Waals surface area contributed by atoms with Crippen molar-refractivity contribution in [1.29, 1.82) is 0 Å². The minimum Gasteiger partial charge on any atom is -0.385 e. The van der Waals surface area contributed by atoms with Crippen LogP contribution in [0.1, 0.15) is 57.8 Å². The van der Waals surface area contributed by atoms with Gasteiger partial charge in [0, 0.05) is 32.7 Å². The van der Waals surface area contributed by atoms with Crippen molar-refractivity contribution in [2.45, 2.75) is 63.8 Å². The van der Waals surface area contributed by atoms with Crippen LogP contribution in [-0.4, -0.2) is 57.0 Å². The Bertz CT molecular complexity index is 471. The summed E-state index contributed by atoms with van der Waals surface area (Å²) in [6, 6.07) is -0.129. The zero-order valence-electron chi connectivity index (χ0n) is 14.3. The van der Waals surface area contributed by atoms with Gasteiger partial charge in [-0.1, -0.05) is 32.1 Å². The van der Waals surface area contributed by atoms with Crippen molar-refractivity contribution >= 4 is 15.7 Å². The number of carbonyl (C=O) groups is 1. The second kappa shape index (κ2) is 9.02. The highest BCUT2D eigenvalue weighted by molar-refractivity contribution is 7.91. The lowest BCUT2D eigenvalue weighted by Crippen LogP contribution is -2.42. The second-order valence-electron chi connectivity index (χ2n) is 7.03. The molecule has 1 aliphatic carbocycles. The van der Waals surface area contributed by atoms with E-state index in [1.807, 2.05) is 4.90 Å². The Balaban J connectivity index is 1.88. The van der Waals surface area contributed by atoms with E-state index in [1.165, 1.54) is 32.1 Å². The Labute approximate surface area is 140 Å². The molecular formula is C17H31NO4S. The third kappa shape index (κ3) is 6.07. The van der Waals surface area contributed by atoms with Gasteiger partial charge in [-0.05, 0) is 25.2 Å². The van der Waals surface area contributed by atoms with Crippen molar-refractivity contribution in [3.05, 3.63) is 0 Å². The quantitative estimate of drug-likeness (QED) is 0.634. The lowest BCUT2D eigenvalue weighted by molar-refractivity contribution is -0.133. The highest BCUT2D eigenvalue weighted by Gasteiger charge is 2.34. The molecule has 1 atom stereocenters. The van der Waals surface area contributed by atoms with Gasteiger partial charge in [0.25, 0.3) is 0 Å². The highest BCUT2D eigenvalue weighted by Crippen LogP contribution is 2.28. The summed E-state index contributed by atoms with van der Waals surface area (Å²) in [5.74, 6) is 1.17. The van der Waals surface area contributed by atoms with Crippen LogP contribution in [0.4, 0.5) is 0 Å². The monoisotopic (exact) mass is 345 g/mol. The maximum absolute atomic E-state index is 12.7. The normalized spacial score (nSPS) is 24.7. The van der Waals surface area contributed by atoms with E-state index in [-0.39, 0.29) is 23.5 Å². The van der Waals surface area contributed by atoms with E-state index in [1.54, 1.807) is 7.11 Å². The lowest BCUT2D eigenvalue weighted by Gasteiger charge is -2.29. The van der Waals surface area contributed by atoms with E-state index in [2.05, 4.69) is 0 Å². The molecule has 1 amide bonds. The van der Waals surface area contributed by atoms with E-state index in [0.717, 1.165) is 12.8 Å². The molecule has 1 saturated carbocycles. The summed E-state index contributed by atoms with van der Waals surface area (Å²) < 4.78 is 28.6. The van der Waals surface area contributed by atoms with Crippen molar-refractivity contribution in [3.63, 3.8) is 0 Å². The van der Waals surface area contributed by atoms with Crippen LogP contribution >= 0.6 is 0 Å². The number of ether oxygens (including phenoxy) is 1. The third-order valence-electron chi connectivity index (χ3n) is 5.21. The minimum atomic E-state index is -2.97. The van der Waals surface area contributed by atoms with Crippen LogP contribution < -0.4 is 0 Å². The zero-order valence-corrected chi connectivity index (χ0v) is 15.2. The molecule has 0 unspecified atom stereocenters. The van der Waals surface area contributed by atoms with Crippen molar-refractivity contribution in [1.82, 2.24) is 4.90 Å². The van der Waals surface area contributed by atoms with Crippen LogP contribution in [0.2, 0.25) is 0 Å². The summed E-state index contributed by atoms with van der Waals surface area (Å²) in [6.45, 7) is 1.21. The number of rotatable bonds is 8. The molecule has 0 aromatic heterocycles. The Morgan fingerprint density at radius 1 is 1.17 bits per heavy atom. The Morgan fingerprint density at radius 3 is 2.52 bits per heavy atom. The van der Waals surface area contributed by atoms with Crippen molar-refractivity contribution < 1.29 is 17.9 Å². The molecule has 2 aliphatic rings. The highest BCUT2D eigenvalue weighted by atomic mass is 32.2. The molecule has 23 heavy (non-hydrogen) atoms. The molecule has 2 fully saturated rings. The molecule has 0 aromatic carbocycles. The van der Waals surface area contributed by atoms with E-state index in [0.29, 0.717) is 31.9 Å². The van der Waals surface area contributed by atoms with Gasteiger partial charge in [0.1, 0.15) is 0 Å². The fourth-order valence-corrected chi connectivity index (χ4v) is 5.59. The fraction of sp³-hybridized carbons (Fsp3) is 0.941. The minimum absolute atomic E-state index is 0.129. The molecule has 0 aromatic rings. The average Bonchev–Trinajstić information content (AvgIpc) is 2.90. The predicted octanol–water partition coefficient (Wildman–Crippen LogP) is 2.40. The van der Waals surface area contributed by atoms with Gasteiger partial charge < -0.3 is 9.64 Å². The van der Waals surface area contributed by atoms with Gasteiger partial charge in [-0.15, -0.1) is 0 Å². The summed E-state index contributed by atoms with van der Waals surface area (Å²) in [6.07, 6.45) is 9.27. The van der Waals surface area contributed by atoms with Gasteiger partial charge in [-0.3, -0.25) is 4.79 Å². The van der Waals surface area contributed by atoms with Crippen LogP contribution in [0.5, 0.6) is 0 Å². The lowest BCUT2D eigenvalue weighted by atomic mass is 9.86. The molecule has 1 saturated heterocycles. The molecule has 6 heteroatoms. The molecule has 0 spiro atoms. The van der Waals surface area contributed by atoms with E-state index < -0.39 is 9.84 Å². The summed E-state index contributed by atoms with van der Waals surface area (Å²) in [5.41, 5.74) is 0. The third-order valence-corrected chi connectivity index (χ3v) is 6.96. The van der Waals surface area contributed by atoms with Gasteiger partial charge in [-0.25, -0.2) is 8.42 Å².